The second kappa shape index (κ2) is 8.30. The summed E-state index contributed by atoms with van der Waals surface area (Å²) in [7, 11) is 1.57. The Morgan fingerprint density at radius 2 is 2.04 bits per heavy atom. The normalized spacial score (nSPS) is 10.8. The van der Waals surface area contributed by atoms with Gasteiger partial charge < -0.3 is 15.2 Å². The molecule has 0 amide bonds. The molecule has 26 heavy (non-hydrogen) atoms. The first-order valence-electron chi connectivity index (χ1n) is 7.69. The van der Waals surface area contributed by atoms with Crippen LogP contribution < -0.4 is 20.6 Å². The van der Waals surface area contributed by atoms with Gasteiger partial charge in [-0.2, -0.15) is 5.10 Å². The smallest absolute Gasteiger partial charge is 0.205 e. The van der Waals surface area contributed by atoms with Crippen LogP contribution in [0, 0.1) is 5.82 Å². The van der Waals surface area contributed by atoms with Gasteiger partial charge in [0.15, 0.2) is 11.5 Å². The van der Waals surface area contributed by atoms with Gasteiger partial charge in [0.25, 0.3) is 0 Å². The number of nitrogens with one attached hydrogen (secondary N) is 1. The molecule has 0 radical (unpaired) electrons. The van der Waals surface area contributed by atoms with E-state index in [4.69, 9.17) is 15.2 Å². The number of nitrogen functional groups attached to an aromatic ring is 1. The number of ether oxygens (including phenoxy) is 2. The molecule has 3 rings (SSSR count). The summed E-state index contributed by atoms with van der Waals surface area (Å²) in [4.78, 5) is 4.06. The lowest BCUT2D eigenvalue weighted by Crippen LogP contribution is -1.99. The molecule has 0 aliphatic carbocycles. The number of aromatic nitrogens is 1. The average Bonchev–Trinajstić information content (AvgIpc) is 3.06. The Kier molecular flexibility index (Phi) is 5.65. The summed E-state index contributed by atoms with van der Waals surface area (Å²) >= 11 is 1.37. The highest BCUT2D eigenvalue weighted by atomic mass is 32.1. The molecule has 0 bridgehead atoms. The largest absolute Gasteiger partial charge is 0.493 e. The van der Waals surface area contributed by atoms with Crippen LogP contribution in [0.25, 0.3) is 0 Å². The zero-order valence-corrected chi connectivity index (χ0v) is 14.8. The summed E-state index contributed by atoms with van der Waals surface area (Å²) in [5, 5.41) is 6.47. The van der Waals surface area contributed by atoms with E-state index in [-0.39, 0.29) is 5.82 Å². The Morgan fingerprint density at radius 1 is 1.23 bits per heavy atom. The number of hydrogen-bond donors (Lipinski definition) is 2. The van der Waals surface area contributed by atoms with Crippen molar-refractivity contribution in [3.63, 3.8) is 0 Å². The van der Waals surface area contributed by atoms with E-state index in [1.54, 1.807) is 36.9 Å². The molecular formula is C18H17FN4O2S. The van der Waals surface area contributed by atoms with E-state index < -0.39 is 0 Å². The Bertz CT molecular complexity index is 896. The van der Waals surface area contributed by atoms with Gasteiger partial charge >= 0.3 is 0 Å². The fourth-order valence-corrected chi connectivity index (χ4v) is 2.68. The van der Waals surface area contributed by atoms with E-state index in [0.29, 0.717) is 29.1 Å². The van der Waals surface area contributed by atoms with Crippen molar-refractivity contribution in [1.29, 1.82) is 0 Å². The third-order valence-electron chi connectivity index (χ3n) is 3.39. The topological polar surface area (TPSA) is 81.8 Å². The molecule has 2 aromatic carbocycles. The number of anilines is 2. The molecule has 0 spiro atoms. The molecule has 1 heterocycles. The van der Waals surface area contributed by atoms with Gasteiger partial charge in [0.05, 0.1) is 13.3 Å². The van der Waals surface area contributed by atoms with Crippen LogP contribution in [0.4, 0.5) is 15.3 Å². The van der Waals surface area contributed by atoms with Crippen LogP contribution in [-0.2, 0) is 6.61 Å². The SMILES string of the molecule is COc1ccc(C=NNc2nc(N)cs2)cc1OCc1ccc(F)cc1. The summed E-state index contributed by atoms with van der Waals surface area (Å²) in [6, 6.07) is 11.6. The first kappa shape index (κ1) is 17.7. The van der Waals surface area contributed by atoms with Crippen LogP contribution in [0.15, 0.2) is 52.9 Å². The van der Waals surface area contributed by atoms with Crippen LogP contribution in [0.3, 0.4) is 0 Å². The van der Waals surface area contributed by atoms with Crippen molar-refractivity contribution in [1.82, 2.24) is 4.98 Å². The number of benzene rings is 2. The Hall–Kier alpha value is -3.13. The summed E-state index contributed by atoms with van der Waals surface area (Å²) in [5.74, 6) is 1.34. The lowest BCUT2D eigenvalue weighted by atomic mass is 10.2. The highest BCUT2D eigenvalue weighted by Crippen LogP contribution is 2.28. The maximum atomic E-state index is 13.0. The second-order valence-electron chi connectivity index (χ2n) is 5.27. The third kappa shape index (κ3) is 4.70. The minimum absolute atomic E-state index is 0.279. The molecule has 0 aliphatic heterocycles. The summed E-state index contributed by atoms with van der Waals surface area (Å²) < 4.78 is 24.1. The third-order valence-corrected chi connectivity index (χ3v) is 4.16. The summed E-state index contributed by atoms with van der Waals surface area (Å²) in [6.45, 7) is 0.299. The first-order valence-corrected chi connectivity index (χ1v) is 8.57. The number of methoxy groups -OCH3 is 1. The maximum absolute atomic E-state index is 13.0. The predicted octanol–water partition coefficient (Wildman–Crippen LogP) is 3.90. The van der Waals surface area contributed by atoms with Crippen molar-refractivity contribution in [2.24, 2.45) is 5.10 Å². The van der Waals surface area contributed by atoms with Crippen LogP contribution in [0.5, 0.6) is 11.5 Å². The number of hydrogen-bond acceptors (Lipinski definition) is 7. The second-order valence-corrected chi connectivity index (χ2v) is 6.13. The van der Waals surface area contributed by atoms with E-state index in [0.717, 1.165) is 11.1 Å². The quantitative estimate of drug-likeness (QED) is 0.486. The maximum Gasteiger partial charge on any atom is 0.205 e. The molecular weight excluding hydrogens is 355 g/mol. The van der Waals surface area contributed by atoms with Gasteiger partial charge in [-0.1, -0.05) is 12.1 Å². The predicted molar refractivity (Wildman–Crippen MR) is 101 cm³/mol. The molecule has 3 aromatic rings. The number of rotatable bonds is 7. The van der Waals surface area contributed by atoms with Gasteiger partial charge in [0.1, 0.15) is 18.2 Å². The van der Waals surface area contributed by atoms with Crippen LogP contribution in [0.1, 0.15) is 11.1 Å². The number of nitrogens with two attached hydrogens (primary N) is 1. The lowest BCUT2D eigenvalue weighted by Gasteiger charge is -2.11. The highest BCUT2D eigenvalue weighted by molar-refractivity contribution is 7.14. The molecule has 134 valence electrons. The molecule has 0 fully saturated rings. The minimum Gasteiger partial charge on any atom is -0.493 e. The average molecular weight is 372 g/mol. The van der Waals surface area contributed by atoms with Crippen molar-refractivity contribution in [3.8, 4) is 11.5 Å². The first-order chi connectivity index (χ1) is 12.6. The monoisotopic (exact) mass is 372 g/mol. The van der Waals surface area contributed by atoms with Crippen LogP contribution >= 0.6 is 11.3 Å². The number of nitrogens with zero attached hydrogens (tertiary/aromatic N) is 2. The van der Waals surface area contributed by atoms with E-state index in [1.807, 2.05) is 12.1 Å². The van der Waals surface area contributed by atoms with E-state index in [1.165, 1.54) is 23.5 Å². The van der Waals surface area contributed by atoms with E-state index in [2.05, 4.69) is 15.5 Å². The Balaban J connectivity index is 1.68. The van der Waals surface area contributed by atoms with E-state index in [9.17, 15) is 4.39 Å². The van der Waals surface area contributed by atoms with Crippen LogP contribution in [0.2, 0.25) is 0 Å². The van der Waals surface area contributed by atoms with Gasteiger partial charge in [-0.3, -0.25) is 5.43 Å². The highest BCUT2D eigenvalue weighted by Gasteiger charge is 2.06. The van der Waals surface area contributed by atoms with Crippen LogP contribution in [-0.4, -0.2) is 18.3 Å². The zero-order chi connectivity index (χ0) is 18.4. The van der Waals surface area contributed by atoms with Gasteiger partial charge in [0.2, 0.25) is 5.13 Å². The van der Waals surface area contributed by atoms with Gasteiger partial charge in [-0.05, 0) is 41.5 Å². The molecule has 0 saturated heterocycles. The Labute approximate surface area is 154 Å². The van der Waals surface area contributed by atoms with Crippen molar-refractivity contribution in [2.45, 2.75) is 6.61 Å². The fourth-order valence-electron chi connectivity index (χ4n) is 2.13. The molecule has 0 atom stereocenters. The standard InChI is InChI=1S/C18H17FN4O2S/c1-24-15-7-4-13(9-21-23-18-22-17(20)11-26-18)8-16(15)25-10-12-2-5-14(19)6-3-12/h2-9,11H,10,20H2,1H3,(H,22,23). The Morgan fingerprint density at radius 3 is 2.73 bits per heavy atom. The number of halogens is 1. The molecule has 0 saturated carbocycles. The molecule has 3 N–H and O–H groups in total. The van der Waals surface area contributed by atoms with Gasteiger partial charge in [-0.15, -0.1) is 11.3 Å². The molecule has 0 aliphatic rings. The van der Waals surface area contributed by atoms with Crippen molar-refractivity contribution in [2.75, 3.05) is 18.3 Å². The lowest BCUT2D eigenvalue weighted by molar-refractivity contribution is 0.284. The van der Waals surface area contributed by atoms with Crippen molar-refractivity contribution >= 4 is 28.5 Å². The summed E-state index contributed by atoms with van der Waals surface area (Å²) in [6.07, 6.45) is 1.64. The van der Waals surface area contributed by atoms with Crippen molar-refractivity contribution < 1.29 is 13.9 Å². The summed E-state index contributed by atoms with van der Waals surface area (Å²) in [5.41, 5.74) is 10.0. The molecule has 0 unspecified atom stereocenters. The van der Waals surface area contributed by atoms with Crippen molar-refractivity contribution in [3.05, 3.63) is 64.8 Å². The van der Waals surface area contributed by atoms with Gasteiger partial charge in [-0.25, -0.2) is 9.37 Å². The van der Waals surface area contributed by atoms with E-state index >= 15 is 0 Å². The fraction of sp³-hybridized carbons (Fsp3) is 0.111. The molecule has 8 heteroatoms. The zero-order valence-electron chi connectivity index (χ0n) is 14.0. The minimum atomic E-state index is -0.279. The molecule has 6 nitrogen and oxygen atoms in total. The molecule has 1 aromatic heterocycles. The number of hydrazone groups is 1. The van der Waals surface area contributed by atoms with Gasteiger partial charge in [0, 0.05) is 5.38 Å². The number of thiazole rings is 1.